The molecule has 4 aromatic rings. The highest BCUT2D eigenvalue weighted by atomic mass is 19.4. The highest BCUT2D eigenvalue weighted by Gasteiger charge is 2.56. The van der Waals surface area contributed by atoms with Crippen LogP contribution in [0.4, 0.5) is 42.8 Å². The van der Waals surface area contributed by atoms with Crippen LogP contribution < -0.4 is 11.5 Å². The smallest absolute Gasteiger partial charge is 0.423 e. The molecule has 0 saturated carbocycles. The highest BCUT2D eigenvalue weighted by Crippen LogP contribution is 2.49. The normalized spacial score (nSPS) is 18.6. The van der Waals surface area contributed by atoms with E-state index in [0.717, 1.165) is 24.3 Å². The lowest BCUT2D eigenvalue weighted by Gasteiger charge is -2.47. The Kier molecular flexibility index (Phi) is 10.6. The van der Waals surface area contributed by atoms with Crippen molar-refractivity contribution in [3.63, 3.8) is 0 Å². The lowest BCUT2D eigenvalue weighted by Crippen LogP contribution is -2.53. The van der Waals surface area contributed by atoms with Gasteiger partial charge in [0, 0.05) is 23.6 Å². The number of amides is 1. The number of likely N-dealkylation sites (tertiary alicyclic amines) is 1. The van der Waals surface area contributed by atoms with Crippen molar-refractivity contribution in [2.75, 3.05) is 31.2 Å². The van der Waals surface area contributed by atoms with Gasteiger partial charge in [0.15, 0.2) is 0 Å². The Hall–Kier alpha value is -5.11. The van der Waals surface area contributed by atoms with E-state index in [9.17, 15) is 51.6 Å². The van der Waals surface area contributed by atoms with E-state index in [1.807, 2.05) is 0 Å². The second kappa shape index (κ2) is 14.2. The molecule has 1 fully saturated rings. The Balaban J connectivity index is 1.65. The fraction of sp³-hybridized carbons (Fsp3) is 0.417. The summed E-state index contributed by atoms with van der Waals surface area (Å²) < 4.78 is 88.8. The van der Waals surface area contributed by atoms with Gasteiger partial charge < -0.3 is 36.6 Å². The van der Waals surface area contributed by atoms with Gasteiger partial charge in [-0.15, -0.1) is 0 Å². The van der Waals surface area contributed by atoms with Crippen molar-refractivity contribution < 1.29 is 56.3 Å². The number of hydrogen-bond donors (Lipinski definition) is 6. The first-order chi connectivity index (χ1) is 25.4. The molecule has 8 N–H and O–H groups in total. The molecule has 2 aromatic heterocycles. The van der Waals surface area contributed by atoms with Gasteiger partial charge in [-0.05, 0) is 69.0 Å². The van der Waals surface area contributed by atoms with Crippen molar-refractivity contribution in [1.82, 2.24) is 24.8 Å². The standard InChI is InChI=1S/C36H39F6N7O6/c1-17-6-8-19(33(53,15-50)35(37,38)39)10-21(17)24-12-45-29(43)26(47-24)23-14-49(31(52)55-32(3,4)5)28(23)27-30(44)46-13-25(48-27)22-11-20(9-7-18(22)2)34(54,16-51)36(40,41)42/h6-13,23,28,50-51,53-54H,14-16H2,1-5H3,(H2,43,45)(H2,44,46). The summed E-state index contributed by atoms with van der Waals surface area (Å²) in [5.74, 6) is -1.16. The average molecular weight is 780 g/mol. The predicted octanol–water partition coefficient (Wildman–Crippen LogP) is 4.94. The van der Waals surface area contributed by atoms with Gasteiger partial charge >= 0.3 is 18.4 Å². The van der Waals surface area contributed by atoms with Gasteiger partial charge in [0.25, 0.3) is 0 Å². The second-order valence-electron chi connectivity index (χ2n) is 14.3. The first-order valence-corrected chi connectivity index (χ1v) is 16.6. The van der Waals surface area contributed by atoms with Gasteiger partial charge in [-0.3, -0.25) is 4.90 Å². The number of anilines is 2. The first-order valence-electron chi connectivity index (χ1n) is 16.6. The van der Waals surface area contributed by atoms with Crippen LogP contribution in [0.5, 0.6) is 0 Å². The lowest BCUT2D eigenvalue weighted by atomic mass is 9.83. The molecule has 5 rings (SSSR count). The molecule has 0 radical (unpaired) electrons. The van der Waals surface area contributed by atoms with Crippen LogP contribution >= 0.6 is 0 Å². The monoisotopic (exact) mass is 779 g/mol. The van der Waals surface area contributed by atoms with Gasteiger partial charge in [0.2, 0.25) is 11.2 Å². The third kappa shape index (κ3) is 7.48. The Labute approximate surface area is 310 Å². The van der Waals surface area contributed by atoms with E-state index < -0.39 is 71.5 Å². The van der Waals surface area contributed by atoms with Crippen LogP contribution in [0.25, 0.3) is 22.5 Å². The van der Waals surface area contributed by atoms with Crippen molar-refractivity contribution in [3.05, 3.63) is 82.4 Å². The van der Waals surface area contributed by atoms with Crippen molar-refractivity contribution in [1.29, 1.82) is 0 Å². The van der Waals surface area contributed by atoms with Gasteiger partial charge in [-0.2, -0.15) is 26.3 Å². The molecule has 3 heterocycles. The van der Waals surface area contributed by atoms with Crippen LogP contribution in [0.2, 0.25) is 0 Å². The van der Waals surface area contributed by atoms with E-state index in [0.29, 0.717) is 11.1 Å². The minimum Gasteiger partial charge on any atom is -0.444 e. The molecule has 0 aliphatic carbocycles. The van der Waals surface area contributed by atoms with E-state index in [1.165, 1.54) is 29.4 Å². The molecule has 13 nitrogen and oxygen atoms in total. The largest absolute Gasteiger partial charge is 0.444 e. The van der Waals surface area contributed by atoms with E-state index in [-0.39, 0.29) is 52.1 Å². The third-order valence-corrected chi connectivity index (χ3v) is 9.41. The van der Waals surface area contributed by atoms with Crippen LogP contribution in [0.15, 0.2) is 48.8 Å². The fourth-order valence-corrected chi connectivity index (χ4v) is 6.16. The number of nitrogens with zero attached hydrogens (tertiary/aromatic N) is 5. The minimum absolute atomic E-state index is 0.0120. The molecule has 4 unspecified atom stereocenters. The third-order valence-electron chi connectivity index (χ3n) is 9.41. The predicted molar refractivity (Wildman–Crippen MR) is 186 cm³/mol. The van der Waals surface area contributed by atoms with E-state index in [1.54, 1.807) is 34.6 Å². The highest BCUT2D eigenvalue weighted by molar-refractivity contribution is 5.73. The molecule has 296 valence electrons. The molecule has 0 bridgehead atoms. The number of aryl methyl sites for hydroxylation is 2. The Bertz CT molecular complexity index is 2110. The van der Waals surface area contributed by atoms with Gasteiger partial charge in [0.05, 0.1) is 48.7 Å². The average Bonchev–Trinajstić information content (AvgIpc) is 3.07. The van der Waals surface area contributed by atoms with Gasteiger partial charge in [-0.1, -0.05) is 24.3 Å². The van der Waals surface area contributed by atoms with Crippen LogP contribution in [0.1, 0.15) is 66.4 Å². The van der Waals surface area contributed by atoms with Crippen LogP contribution in [0, 0.1) is 13.8 Å². The Morgan fingerprint density at radius 3 is 1.60 bits per heavy atom. The molecular weight excluding hydrogens is 740 g/mol. The number of hydrogen-bond acceptors (Lipinski definition) is 12. The molecule has 4 atom stereocenters. The van der Waals surface area contributed by atoms with Crippen LogP contribution in [0.3, 0.4) is 0 Å². The molecular formula is C36H39F6N7O6. The Morgan fingerprint density at radius 2 is 1.20 bits per heavy atom. The molecule has 2 aromatic carbocycles. The zero-order chi connectivity index (χ0) is 41.1. The number of nitrogens with two attached hydrogens (primary N) is 2. The maximum atomic E-state index is 13.9. The topological polar surface area (TPSA) is 214 Å². The number of nitrogen functional groups attached to an aromatic ring is 2. The van der Waals surface area contributed by atoms with Crippen LogP contribution in [-0.2, 0) is 15.9 Å². The number of rotatable bonds is 8. The lowest BCUT2D eigenvalue weighted by molar-refractivity contribution is -0.277. The summed E-state index contributed by atoms with van der Waals surface area (Å²) in [6.07, 6.45) is -8.90. The molecule has 1 amide bonds. The number of aliphatic hydroxyl groups excluding tert-OH is 2. The molecule has 19 heteroatoms. The summed E-state index contributed by atoms with van der Waals surface area (Å²) in [6.45, 7) is 4.63. The Morgan fingerprint density at radius 1 is 0.782 bits per heavy atom. The van der Waals surface area contributed by atoms with E-state index in [2.05, 4.69) is 19.9 Å². The zero-order valence-corrected chi connectivity index (χ0v) is 30.2. The SMILES string of the molecule is Cc1ccc(C(O)(CO)C(F)(F)F)cc1-c1cnc(N)c(C2CN(C(=O)OC(C)(C)C)C2c2nc(-c3cc(C(O)(CO)C(F)(F)F)ccc3C)cnc2N)n1. The molecule has 55 heavy (non-hydrogen) atoms. The maximum absolute atomic E-state index is 13.9. The van der Waals surface area contributed by atoms with Crippen LogP contribution in [-0.4, -0.2) is 89.1 Å². The number of carbonyl (C=O) groups is 1. The summed E-state index contributed by atoms with van der Waals surface area (Å²) >= 11 is 0. The summed E-state index contributed by atoms with van der Waals surface area (Å²) in [5, 5.41) is 40.0. The number of carbonyl (C=O) groups excluding carboxylic acids is 1. The number of halogens is 6. The number of aliphatic hydroxyl groups is 4. The van der Waals surface area contributed by atoms with E-state index >= 15 is 0 Å². The summed E-state index contributed by atoms with van der Waals surface area (Å²) in [6, 6.07) is 5.54. The fourth-order valence-electron chi connectivity index (χ4n) is 6.16. The molecule has 1 aliphatic rings. The minimum atomic E-state index is -5.24. The van der Waals surface area contributed by atoms with Crippen molar-refractivity contribution in [2.24, 2.45) is 0 Å². The summed E-state index contributed by atoms with van der Waals surface area (Å²) in [4.78, 5) is 32.5. The van der Waals surface area contributed by atoms with Gasteiger partial charge in [-0.25, -0.2) is 24.7 Å². The second-order valence-corrected chi connectivity index (χ2v) is 14.3. The molecule has 1 saturated heterocycles. The number of alkyl halides is 6. The van der Waals surface area contributed by atoms with Crippen molar-refractivity contribution >= 4 is 17.7 Å². The van der Waals surface area contributed by atoms with E-state index in [4.69, 9.17) is 16.2 Å². The number of aromatic nitrogens is 4. The quantitative estimate of drug-likeness (QED) is 0.131. The summed E-state index contributed by atoms with van der Waals surface area (Å²) in [5.41, 5.74) is 4.23. The molecule has 1 aliphatic heterocycles. The zero-order valence-electron chi connectivity index (χ0n) is 30.2. The summed E-state index contributed by atoms with van der Waals surface area (Å²) in [7, 11) is 0. The molecule has 0 spiro atoms. The maximum Gasteiger partial charge on any atom is 0.423 e. The first kappa shape index (κ1) is 41.1. The number of benzene rings is 2. The van der Waals surface area contributed by atoms with Crippen molar-refractivity contribution in [2.45, 2.75) is 75.7 Å². The van der Waals surface area contributed by atoms with Gasteiger partial charge in [0.1, 0.15) is 22.9 Å². The number of ether oxygens (including phenoxy) is 1. The van der Waals surface area contributed by atoms with Crippen molar-refractivity contribution in [3.8, 4) is 22.5 Å².